The molecule has 1 fully saturated rings. The summed E-state index contributed by atoms with van der Waals surface area (Å²) in [7, 11) is 0. The molecule has 0 N–H and O–H groups in total. The van der Waals surface area contributed by atoms with Gasteiger partial charge in [0.25, 0.3) is 0 Å². The minimum absolute atomic E-state index is 0.211. The Balaban J connectivity index is 1.56. The van der Waals surface area contributed by atoms with Gasteiger partial charge in [-0.05, 0) is 30.2 Å². The van der Waals surface area contributed by atoms with Gasteiger partial charge in [-0.1, -0.05) is 36.4 Å². The van der Waals surface area contributed by atoms with Crippen LogP contribution in [0.4, 0.5) is 0 Å². The highest BCUT2D eigenvalue weighted by molar-refractivity contribution is 5.36. The van der Waals surface area contributed by atoms with E-state index in [1.165, 1.54) is 5.56 Å². The van der Waals surface area contributed by atoms with Crippen LogP contribution in [0.3, 0.4) is 0 Å². The molecule has 3 nitrogen and oxygen atoms in total. The predicted octanol–water partition coefficient (Wildman–Crippen LogP) is 3.21. The molecule has 1 heterocycles. The first kappa shape index (κ1) is 13.7. The minimum atomic E-state index is 0.211. The first-order valence-corrected chi connectivity index (χ1v) is 7.26. The normalized spacial score (nSPS) is 18.3. The van der Waals surface area contributed by atoms with Gasteiger partial charge in [-0.15, -0.1) is 0 Å². The molecule has 3 rings (SSSR count). The van der Waals surface area contributed by atoms with E-state index >= 15 is 0 Å². The first-order chi connectivity index (χ1) is 10.3. The van der Waals surface area contributed by atoms with E-state index < -0.39 is 0 Å². The maximum absolute atomic E-state index is 8.92. The van der Waals surface area contributed by atoms with Crippen LogP contribution in [-0.2, 0) is 6.54 Å². The Labute approximate surface area is 125 Å². The van der Waals surface area contributed by atoms with Crippen molar-refractivity contribution < 1.29 is 4.74 Å². The quantitative estimate of drug-likeness (QED) is 0.861. The Morgan fingerprint density at radius 1 is 1.14 bits per heavy atom. The first-order valence-electron chi connectivity index (χ1n) is 7.26. The van der Waals surface area contributed by atoms with Crippen LogP contribution in [0.1, 0.15) is 17.5 Å². The van der Waals surface area contributed by atoms with E-state index in [1.54, 1.807) is 12.1 Å². The Hall–Kier alpha value is -2.31. The summed E-state index contributed by atoms with van der Waals surface area (Å²) >= 11 is 0. The van der Waals surface area contributed by atoms with Crippen LogP contribution in [0.15, 0.2) is 54.6 Å². The number of hydrogen-bond acceptors (Lipinski definition) is 3. The average molecular weight is 278 g/mol. The fourth-order valence-electron chi connectivity index (χ4n) is 2.71. The number of benzene rings is 2. The zero-order valence-electron chi connectivity index (χ0n) is 11.9. The van der Waals surface area contributed by atoms with E-state index in [1.807, 2.05) is 18.2 Å². The maximum Gasteiger partial charge on any atom is 0.121 e. The molecule has 2 aromatic rings. The second-order valence-corrected chi connectivity index (χ2v) is 5.39. The molecule has 3 heteroatoms. The molecule has 21 heavy (non-hydrogen) atoms. The van der Waals surface area contributed by atoms with E-state index in [0.717, 1.165) is 31.8 Å². The fraction of sp³-hybridized carbons (Fsp3) is 0.278. The molecule has 2 aromatic carbocycles. The number of nitriles is 1. The molecule has 0 aliphatic carbocycles. The number of hydrogen-bond donors (Lipinski definition) is 0. The summed E-state index contributed by atoms with van der Waals surface area (Å²) in [6.07, 6.45) is 1.24. The van der Waals surface area contributed by atoms with Gasteiger partial charge in [0.1, 0.15) is 11.9 Å². The molecule has 0 spiro atoms. The third-order valence-corrected chi connectivity index (χ3v) is 3.74. The molecule has 1 saturated heterocycles. The summed E-state index contributed by atoms with van der Waals surface area (Å²) in [6, 6.07) is 20.0. The van der Waals surface area contributed by atoms with Crippen LogP contribution in [0.25, 0.3) is 0 Å². The van der Waals surface area contributed by atoms with Crippen LogP contribution in [0.2, 0.25) is 0 Å². The molecule has 0 radical (unpaired) electrons. The largest absolute Gasteiger partial charge is 0.489 e. The van der Waals surface area contributed by atoms with Crippen molar-refractivity contribution in [3.8, 4) is 11.8 Å². The maximum atomic E-state index is 8.92. The highest BCUT2D eigenvalue weighted by Gasteiger charge is 2.23. The molecule has 0 aromatic heterocycles. The lowest BCUT2D eigenvalue weighted by atomic mass is 10.2. The van der Waals surface area contributed by atoms with Crippen LogP contribution >= 0.6 is 0 Å². The van der Waals surface area contributed by atoms with Crippen LogP contribution in [0, 0.1) is 11.3 Å². The van der Waals surface area contributed by atoms with Crippen LogP contribution in [0.5, 0.6) is 5.75 Å². The van der Waals surface area contributed by atoms with Crippen LogP contribution in [-0.4, -0.2) is 24.1 Å². The second kappa shape index (κ2) is 6.43. The van der Waals surface area contributed by atoms with E-state index in [9.17, 15) is 0 Å². The average Bonchev–Trinajstić information content (AvgIpc) is 2.95. The van der Waals surface area contributed by atoms with Gasteiger partial charge < -0.3 is 4.74 Å². The summed E-state index contributed by atoms with van der Waals surface area (Å²) < 4.78 is 5.99. The summed E-state index contributed by atoms with van der Waals surface area (Å²) in [5.74, 6) is 0.792. The van der Waals surface area contributed by atoms with Gasteiger partial charge in [0.05, 0.1) is 11.6 Å². The number of likely N-dealkylation sites (tertiary alicyclic amines) is 1. The zero-order valence-corrected chi connectivity index (χ0v) is 11.9. The number of rotatable bonds is 4. The monoisotopic (exact) mass is 278 g/mol. The Morgan fingerprint density at radius 3 is 2.81 bits per heavy atom. The summed E-state index contributed by atoms with van der Waals surface area (Å²) in [4.78, 5) is 2.41. The molecule has 0 amide bonds. The zero-order chi connectivity index (χ0) is 14.5. The smallest absolute Gasteiger partial charge is 0.121 e. The molecule has 1 unspecified atom stereocenters. The van der Waals surface area contributed by atoms with Crippen molar-refractivity contribution in [2.45, 2.75) is 19.1 Å². The molecule has 0 bridgehead atoms. The fourth-order valence-corrected chi connectivity index (χ4v) is 2.71. The minimum Gasteiger partial charge on any atom is -0.489 e. The molecule has 1 atom stereocenters. The van der Waals surface area contributed by atoms with Gasteiger partial charge in [-0.25, -0.2) is 0 Å². The number of nitrogens with zero attached hydrogens (tertiary/aromatic N) is 2. The summed E-state index contributed by atoms with van der Waals surface area (Å²) in [5, 5.41) is 8.92. The lowest BCUT2D eigenvalue weighted by molar-refractivity contribution is 0.198. The summed E-state index contributed by atoms with van der Waals surface area (Å²) in [5.41, 5.74) is 1.98. The lowest BCUT2D eigenvalue weighted by Crippen LogP contribution is -2.24. The van der Waals surface area contributed by atoms with Crippen molar-refractivity contribution in [1.82, 2.24) is 4.90 Å². The van der Waals surface area contributed by atoms with Crippen molar-refractivity contribution in [3.63, 3.8) is 0 Å². The topological polar surface area (TPSA) is 36.3 Å². The van der Waals surface area contributed by atoms with Crippen molar-refractivity contribution >= 4 is 0 Å². The van der Waals surface area contributed by atoms with Gasteiger partial charge in [-0.3, -0.25) is 4.90 Å². The molecule has 106 valence electrons. The van der Waals surface area contributed by atoms with Crippen molar-refractivity contribution in [2.24, 2.45) is 0 Å². The summed E-state index contributed by atoms with van der Waals surface area (Å²) in [6.45, 7) is 2.96. The van der Waals surface area contributed by atoms with Crippen molar-refractivity contribution in [1.29, 1.82) is 5.26 Å². The molecular formula is C18H18N2O. The van der Waals surface area contributed by atoms with Gasteiger partial charge in [0, 0.05) is 19.6 Å². The van der Waals surface area contributed by atoms with Crippen molar-refractivity contribution in [3.05, 3.63) is 65.7 Å². The Morgan fingerprint density at radius 2 is 2.00 bits per heavy atom. The Kier molecular flexibility index (Phi) is 4.18. The Bertz CT molecular complexity index is 633. The van der Waals surface area contributed by atoms with Crippen molar-refractivity contribution in [2.75, 3.05) is 13.1 Å². The van der Waals surface area contributed by atoms with E-state index in [-0.39, 0.29) is 6.10 Å². The van der Waals surface area contributed by atoms with Crippen LogP contribution < -0.4 is 4.74 Å². The predicted molar refractivity (Wildman–Crippen MR) is 81.9 cm³/mol. The van der Waals surface area contributed by atoms with Gasteiger partial charge in [0.15, 0.2) is 0 Å². The highest BCUT2D eigenvalue weighted by atomic mass is 16.5. The third-order valence-electron chi connectivity index (χ3n) is 3.74. The lowest BCUT2D eigenvalue weighted by Gasteiger charge is -2.17. The van der Waals surface area contributed by atoms with E-state index in [2.05, 4.69) is 35.2 Å². The SMILES string of the molecule is N#Cc1cccc(OC2CCN(Cc3ccccc3)C2)c1. The second-order valence-electron chi connectivity index (χ2n) is 5.39. The molecule has 1 aliphatic rings. The molecule has 0 saturated carbocycles. The van der Waals surface area contributed by atoms with E-state index in [0.29, 0.717) is 5.56 Å². The van der Waals surface area contributed by atoms with Gasteiger partial charge >= 0.3 is 0 Å². The number of ether oxygens (including phenoxy) is 1. The third kappa shape index (κ3) is 3.62. The van der Waals surface area contributed by atoms with Gasteiger partial charge in [0.2, 0.25) is 0 Å². The highest BCUT2D eigenvalue weighted by Crippen LogP contribution is 2.20. The molecular weight excluding hydrogens is 260 g/mol. The van der Waals surface area contributed by atoms with E-state index in [4.69, 9.17) is 10.00 Å². The van der Waals surface area contributed by atoms with Gasteiger partial charge in [-0.2, -0.15) is 5.26 Å². The molecule has 1 aliphatic heterocycles. The standard InChI is InChI=1S/C18H18N2O/c19-12-16-7-4-8-17(11-16)21-18-9-10-20(14-18)13-15-5-2-1-3-6-15/h1-8,11,18H,9-10,13-14H2.